The lowest BCUT2D eigenvalue weighted by molar-refractivity contribution is 0.140. The zero-order valence-corrected chi connectivity index (χ0v) is 20.1. The van der Waals surface area contributed by atoms with Crippen LogP contribution < -0.4 is 10.6 Å². The van der Waals surface area contributed by atoms with Crippen LogP contribution in [-0.2, 0) is 13.6 Å². The molecule has 0 bridgehead atoms. The quantitative estimate of drug-likeness (QED) is 0.336. The van der Waals surface area contributed by atoms with Crippen molar-refractivity contribution in [2.75, 3.05) is 26.2 Å². The molecule has 0 saturated carbocycles. The fourth-order valence-electron chi connectivity index (χ4n) is 3.38. The highest BCUT2D eigenvalue weighted by Crippen LogP contribution is 2.29. The summed E-state index contributed by atoms with van der Waals surface area (Å²) in [6, 6.07) is 4.78. The number of piperidine rings is 1. The Balaban J connectivity index is 0.00000280. The Morgan fingerprint density at radius 1 is 1.36 bits per heavy atom. The van der Waals surface area contributed by atoms with Crippen molar-refractivity contribution < 1.29 is 0 Å². The van der Waals surface area contributed by atoms with E-state index in [0.717, 1.165) is 43.9 Å². The van der Waals surface area contributed by atoms with Crippen molar-refractivity contribution in [2.45, 2.75) is 39.3 Å². The molecule has 9 heteroatoms. The van der Waals surface area contributed by atoms with E-state index in [9.17, 15) is 0 Å². The SMILES string of the molecule is CCNC(=NCc1ncnn1C)NCC(c1cccs1)N1CCC(C)CC1.I. The van der Waals surface area contributed by atoms with E-state index >= 15 is 0 Å². The number of thiophene rings is 1. The van der Waals surface area contributed by atoms with Gasteiger partial charge in [-0.3, -0.25) is 9.58 Å². The molecular formula is C19H32IN7S. The molecule has 0 aromatic carbocycles. The first kappa shape index (κ1) is 23.1. The summed E-state index contributed by atoms with van der Waals surface area (Å²) in [6.07, 6.45) is 4.12. The summed E-state index contributed by atoms with van der Waals surface area (Å²) >= 11 is 1.84. The molecule has 1 fully saturated rings. The van der Waals surface area contributed by atoms with E-state index in [-0.39, 0.29) is 24.0 Å². The fraction of sp³-hybridized carbons (Fsp3) is 0.632. The van der Waals surface area contributed by atoms with Crippen LogP contribution in [0.15, 0.2) is 28.8 Å². The van der Waals surface area contributed by atoms with Crippen LogP contribution in [0.2, 0.25) is 0 Å². The Kier molecular flexibility index (Phi) is 9.66. The molecule has 156 valence electrons. The van der Waals surface area contributed by atoms with Crippen LogP contribution in [0.1, 0.15) is 43.4 Å². The number of hydrogen-bond acceptors (Lipinski definition) is 5. The zero-order valence-electron chi connectivity index (χ0n) is 17.0. The minimum Gasteiger partial charge on any atom is -0.357 e. The van der Waals surface area contributed by atoms with Crippen LogP contribution >= 0.6 is 35.3 Å². The maximum atomic E-state index is 4.68. The van der Waals surface area contributed by atoms with Crippen LogP contribution in [-0.4, -0.2) is 51.8 Å². The molecule has 2 aromatic heterocycles. The molecule has 0 spiro atoms. The number of likely N-dealkylation sites (tertiary alicyclic amines) is 1. The van der Waals surface area contributed by atoms with Crippen molar-refractivity contribution in [1.82, 2.24) is 30.3 Å². The van der Waals surface area contributed by atoms with Gasteiger partial charge in [-0.15, -0.1) is 35.3 Å². The smallest absolute Gasteiger partial charge is 0.191 e. The maximum absolute atomic E-state index is 4.68. The normalized spacial score (nSPS) is 17.2. The number of nitrogens with zero attached hydrogens (tertiary/aromatic N) is 5. The van der Waals surface area contributed by atoms with Gasteiger partial charge in [0.05, 0.1) is 6.04 Å². The van der Waals surface area contributed by atoms with E-state index in [1.165, 1.54) is 17.7 Å². The summed E-state index contributed by atoms with van der Waals surface area (Å²) in [5.41, 5.74) is 0. The van der Waals surface area contributed by atoms with Gasteiger partial charge in [-0.05, 0) is 50.2 Å². The van der Waals surface area contributed by atoms with Crippen molar-refractivity contribution >= 4 is 41.3 Å². The molecule has 1 unspecified atom stereocenters. The van der Waals surface area contributed by atoms with Gasteiger partial charge in [-0.25, -0.2) is 9.98 Å². The van der Waals surface area contributed by atoms with Gasteiger partial charge >= 0.3 is 0 Å². The number of halogens is 1. The first-order valence-corrected chi connectivity index (χ1v) is 10.7. The summed E-state index contributed by atoms with van der Waals surface area (Å²) in [5.74, 6) is 2.52. The lowest BCUT2D eigenvalue weighted by atomic mass is 9.97. The van der Waals surface area contributed by atoms with Gasteiger partial charge in [0, 0.05) is 25.0 Å². The molecule has 0 radical (unpaired) electrons. The average Bonchev–Trinajstić information content (AvgIpc) is 3.33. The second-order valence-electron chi connectivity index (χ2n) is 7.13. The van der Waals surface area contributed by atoms with Gasteiger partial charge in [-0.1, -0.05) is 13.0 Å². The van der Waals surface area contributed by atoms with Gasteiger partial charge in [0.2, 0.25) is 0 Å². The van der Waals surface area contributed by atoms with E-state index < -0.39 is 0 Å². The van der Waals surface area contributed by atoms with E-state index in [1.807, 2.05) is 18.4 Å². The number of rotatable bonds is 7. The van der Waals surface area contributed by atoms with E-state index in [0.29, 0.717) is 12.6 Å². The number of aliphatic imine (C=N–C) groups is 1. The van der Waals surface area contributed by atoms with Crippen LogP contribution in [0, 0.1) is 5.92 Å². The van der Waals surface area contributed by atoms with Gasteiger partial charge in [-0.2, -0.15) is 5.10 Å². The average molecular weight is 517 g/mol. The fourth-order valence-corrected chi connectivity index (χ4v) is 4.24. The van der Waals surface area contributed by atoms with E-state index in [2.05, 4.69) is 62.0 Å². The molecule has 0 aliphatic carbocycles. The first-order valence-electron chi connectivity index (χ1n) is 9.80. The molecule has 3 rings (SSSR count). The Labute approximate surface area is 189 Å². The Morgan fingerprint density at radius 3 is 2.75 bits per heavy atom. The van der Waals surface area contributed by atoms with E-state index in [1.54, 1.807) is 11.0 Å². The topological polar surface area (TPSA) is 70.4 Å². The molecule has 1 aliphatic heterocycles. The number of nitrogens with one attached hydrogen (secondary N) is 2. The van der Waals surface area contributed by atoms with Crippen LogP contribution in [0.25, 0.3) is 0 Å². The van der Waals surface area contributed by atoms with E-state index in [4.69, 9.17) is 0 Å². The standard InChI is InChI=1S/C19H31N7S.HI/c1-4-20-19(22-13-18-23-14-24-25(18)3)21-12-16(17-6-5-11-27-17)26-9-7-15(2)8-10-26;/h5-6,11,14-16H,4,7-10,12-13H2,1-3H3,(H2,20,21,22);1H. The highest BCUT2D eigenvalue weighted by atomic mass is 127. The van der Waals surface area contributed by atoms with Crippen molar-refractivity contribution in [3.63, 3.8) is 0 Å². The third kappa shape index (κ3) is 6.41. The van der Waals surface area contributed by atoms with Crippen molar-refractivity contribution in [3.8, 4) is 0 Å². The molecule has 2 N–H and O–H groups in total. The predicted molar refractivity (Wildman–Crippen MR) is 126 cm³/mol. The highest BCUT2D eigenvalue weighted by molar-refractivity contribution is 14.0. The molecule has 7 nitrogen and oxygen atoms in total. The molecule has 28 heavy (non-hydrogen) atoms. The molecule has 2 aromatic rings. The lowest BCUT2D eigenvalue weighted by Crippen LogP contribution is -2.45. The molecule has 1 saturated heterocycles. The van der Waals surface area contributed by atoms with Crippen LogP contribution in [0.4, 0.5) is 0 Å². The predicted octanol–water partition coefficient (Wildman–Crippen LogP) is 3.02. The summed E-state index contributed by atoms with van der Waals surface area (Å²) in [4.78, 5) is 13.0. The summed E-state index contributed by atoms with van der Waals surface area (Å²) < 4.78 is 1.76. The number of aryl methyl sites for hydroxylation is 1. The minimum atomic E-state index is 0. The van der Waals surface area contributed by atoms with Gasteiger partial charge < -0.3 is 10.6 Å². The lowest BCUT2D eigenvalue weighted by Gasteiger charge is -2.36. The largest absolute Gasteiger partial charge is 0.357 e. The molecule has 0 amide bonds. The molecule has 1 atom stereocenters. The molecular weight excluding hydrogens is 485 g/mol. The van der Waals surface area contributed by atoms with Crippen LogP contribution in [0.5, 0.6) is 0 Å². The highest BCUT2D eigenvalue weighted by Gasteiger charge is 2.25. The third-order valence-electron chi connectivity index (χ3n) is 5.12. The summed E-state index contributed by atoms with van der Waals surface area (Å²) in [6.45, 7) is 8.96. The summed E-state index contributed by atoms with van der Waals surface area (Å²) in [7, 11) is 1.89. The Hall–Kier alpha value is -1.20. The number of hydrogen-bond donors (Lipinski definition) is 2. The van der Waals surface area contributed by atoms with Gasteiger partial charge in [0.1, 0.15) is 18.7 Å². The van der Waals surface area contributed by atoms with Crippen molar-refractivity contribution in [2.24, 2.45) is 18.0 Å². The zero-order chi connectivity index (χ0) is 19.1. The second-order valence-corrected chi connectivity index (χ2v) is 8.10. The third-order valence-corrected chi connectivity index (χ3v) is 6.09. The molecule has 1 aliphatic rings. The van der Waals surface area contributed by atoms with Crippen LogP contribution in [0.3, 0.4) is 0 Å². The Bertz CT molecular complexity index is 708. The van der Waals surface area contributed by atoms with Gasteiger partial charge in [0.25, 0.3) is 0 Å². The number of guanidine groups is 1. The Morgan fingerprint density at radius 2 is 2.14 bits per heavy atom. The molecule has 3 heterocycles. The summed E-state index contributed by atoms with van der Waals surface area (Å²) in [5, 5.41) is 13.2. The van der Waals surface area contributed by atoms with Crippen molar-refractivity contribution in [1.29, 1.82) is 0 Å². The monoisotopic (exact) mass is 517 g/mol. The number of aromatic nitrogens is 3. The van der Waals surface area contributed by atoms with Gasteiger partial charge in [0.15, 0.2) is 5.96 Å². The first-order chi connectivity index (χ1) is 13.2. The second kappa shape index (κ2) is 11.7. The minimum absolute atomic E-state index is 0. The maximum Gasteiger partial charge on any atom is 0.191 e. The van der Waals surface area contributed by atoms with Crippen molar-refractivity contribution in [3.05, 3.63) is 34.5 Å².